The van der Waals surface area contributed by atoms with Crippen LogP contribution < -0.4 is 5.32 Å². The maximum Gasteiger partial charge on any atom is 0.134 e. The van der Waals surface area contributed by atoms with E-state index in [0.717, 1.165) is 23.3 Å². The zero-order valence-electron chi connectivity index (χ0n) is 13.5. The molecule has 0 spiro atoms. The van der Waals surface area contributed by atoms with Crippen LogP contribution >= 0.6 is 0 Å². The number of hydrogen-bond acceptors (Lipinski definition) is 2. The van der Waals surface area contributed by atoms with Gasteiger partial charge in [0.2, 0.25) is 0 Å². The topological polar surface area (TPSA) is 25.2 Å². The lowest BCUT2D eigenvalue weighted by molar-refractivity contribution is 0.356. The van der Waals surface area contributed by atoms with Gasteiger partial charge in [-0.1, -0.05) is 34.6 Å². The van der Waals surface area contributed by atoms with Crippen molar-refractivity contribution >= 4 is 11.0 Å². The predicted octanol–water partition coefficient (Wildman–Crippen LogP) is 4.90. The average Bonchev–Trinajstić information content (AvgIpc) is 2.74. The van der Waals surface area contributed by atoms with E-state index < -0.39 is 0 Å². The molecule has 2 aromatic rings. The Labute approximate surface area is 125 Å². The highest BCUT2D eigenvalue weighted by atomic mass is 19.1. The van der Waals surface area contributed by atoms with Crippen molar-refractivity contribution in [1.82, 2.24) is 5.32 Å². The molecule has 21 heavy (non-hydrogen) atoms. The minimum absolute atomic E-state index is 0.176. The Morgan fingerprint density at radius 2 is 1.86 bits per heavy atom. The lowest BCUT2D eigenvalue weighted by atomic mass is 10.0. The van der Waals surface area contributed by atoms with Crippen molar-refractivity contribution in [2.75, 3.05) is 6.54 Å². The Morgan fingerprint density at radius 3 is 2.43 bits per heavy atom. The molecule has 1 saturated carbocycles. The summed E-state index contributed by atoms with van der Waals surface area (Å²) in [4.78, 5) is 0. The molecule has 1 aliphatic rings. The van der Waals surface area contributed by atoms with E-state index in [9.17, 15) is 4.39 Å². The Hall–Kier alpha value is -1.35. The Kier molecular flexibility index (Phi) is 3.17. The van der Waals surface area contributed by atoms with Crippen molar-refractivity contribution in [2.45, 2.75) is 40.7 Å². The SMILES string of the molecule is CCNC(c1cc2cc(F)ccc2o1)C1C(C)(C)C1(C)C. The van der Waals surface area contributed by atoms with Crippen molar-refractivity contribution in [3.63, 3.8) is 0 Å². The maximum atomic E-state index is 13.4. The van der Waals surface area contributed by atoms with Crippen molar-refractivity contribution in [3.05, 3.63) is 35.8 Å². The van der Waals surface area contributed by atoms with E-state index >= 15 is 0 Å². The molecule has 1 aliphatic carbocycles. The molecule has 1 fully saturated rings. The zero-order chi connectivity index (χ0) is 15.4. The van der Waals surface area contributed by atoms with Gasteiger partial charge in [0.1, 0.15) is 17.2 Å². The molecule has 1 unspecified atom stereocenters. The molecule has 1 aromatic carbocycles. The minimum Gasteiger partial charge on any atom is -0.459 e. The third kappa shape index (κ3) is 2.10. The first-order chi connectivity index (χ1) is 9.79. The molecule has 0 aliphatic heterocycles. The normalized spacial score (nSPS) is 21.6. The van der Waals surface area contributed by atoms with Crippen LogP contribution in [0.1, 0.15) is 46.4 Å². The fourth-order valence-corrected chi connectivity index (χ4v) is 3.87. The molecule has 0 amide bonds. The van der Waals surface area contributed by atoms with Crippen LogP contribution in [0.3, 0.4) is 0 Å². The van der Waals surface area contributed by atoms with Gasteiger partial charge in [-0.3, -0.25) is 0 Å². The van der Waals surface area contributed by atoms with E-state index in [1.165, 1.54) is 12.1 Å². The molecule has 1 aromatic heterocycles. The lowest BCUT2D eigenvalue weighted by Gasteiger charge is -2.17. The summed E-state index contributed by atoms with van der Waals surface area (Å²) >= 11 is 0. The smallest absolute Gasteiger partial charge is 0.134 e. The van der Waals surface area contributed by atoms with Crippen LogP contribution in [0, 0.1) is 22.6 Å². The van der Waals surface area contributed by atoms with Crippen LogP contribution in [0.5, 0.6) is 0 Å². The molecule has 3 heteroatoms. The van der Waals surface area contributed by atoms with Gasteiger partial charge in [-0.15, -0.1) is 0 Å². The largest absolute Gasteiger partial charge is 0.459 e. The number of halogens is 1. The van der Waals surface area contributed by atoms with Crippen LogP contribution in [0.15, 0.2) is 28.7 Å². The number of hydrogen-bond donors (Lipinski definition) is 1. The van der Waals surface area contributed by atoms with Crippen LogP contribution in [0.25, 0.3) is 11.0 Å². The number of fused-ring (bicyclic) bond motifs is 1. The Morgan fingerprint density at radius 1 is 1.19 bits per heavy atom. The van der Waals surface area contributed by atoms with Gasteiger partial charge in [0, 0.05) is 5.39 Å². The summed E-state index contributed by atoms with van der Waals surface area (Å²) in [5.74, 6) is 1.21. The summed E-state index contributed by atoms with van der Waals surface area (Å²) in [6.07, 6.45) is 0. The van der Waals surface area contributed by atoms with Crippen molar-refractivity contribution in [2.24, 2.45) is 16.7 Å². The fraction of sp³-hybridized carbons (Fsp3) is 0.556. The first kappa shape index (κ1) is 14.6. The van der Waals surface area contributed by atoms with E-state index in [2.05, 4.69) is 39.9 Å². The van der Waals surface area contributed by atoms with Crippen molar-refractivity contribution in [3.8, 4) is 0 Å². The van der Waals surface area contributed by atoms with Gasteiger partial charge in [0.15, 0.2) is 0 Å². The van der Waals surface area contributed by atoms with Gasteiger partial charge < -0.3 is 9.73 Å². The Balaban J connectivity index is 2.00. The number of nitrogens with one attached hydrogen (secondary N) is 1. The molecule has 3 rings (SSSR count). The molecule has 0 saturated heterocycles. The van der Waals surface area contributed by atoms with Gasteiger partial charge >= 0.3 is 0 Å². The van der Waals surface area contributed by atoms with Gasteiger partial charge in [-0.2, -0.15) is 0 Å². The summed E-state index contributed by atoms with van der Waals surface area (Å²) in [6, 6.07) is 6.85. The number of furan rings is 1. The van der Waals surface area contributed by atoms with Crippen molar-refractivity contribution < 1.29 is 8.81 Å². The Bertz CT molecular complexity index is 657. The maximum absolute atomic E-state index is 13.4. The van der Waals surface area contributed by atoms with Gasteiger partial charge in [-0.25, -0.2) is 4.39 Å². The minimum atomic E-state index is -0.220. The van der Waals surface area contributed by atoms with E-state index in [1.54, 1.807) is 6.07 Å². The summed E-state index contributed by atoms with van der Waals surface area (Å²) < 4.78 is 19.4. The quantitative estimate of drug-likeness (QED) is 0.865. The fourth-order valence-electron chi connectivity index (χ4n) is 3.87. The first-order valence-corrected chi connectivity index (χ1v) is 7.71. The molecule has 114 valence electrons. The third-order valence-electron chi connectivity index (χ3n) is 5.69. The van der Waals surface area contributed by atoms with Gasteiger partial charge in [-0.05, 0) is 47.6 Å². The second-order valence-corrected chi connectivity index (χ2v) is 7.29. The summed E-state index contributed by atoms with van der Waals surface area (Å²) in [5, 5.41) is 4.40. The molecule has 0 radical (unpaired) electrons. The summed E-state index contributed by atoms with van der Waals surface area (Å²) in [7, 11) is 0. The molecule has 1 atom stereocenters. The highest BCUT2D eigenvalue weighted by Crippen LogP contribution is 2.72. The summed E-state index contributed by atoms with van der Waals surface area (Å²) in [5.41, 5.74) is 1.29. The highest BCUT2D eigenvalue weighted by Gasteiger charge is 2.67. The molecule has 0 bridgehead atoms. The molecular weight excluding hydrogens is 265 g/mol. The molecule has 2 nitrogen and oxygen atoms in total. The first-order valence-electron chi connectivity index (χ1n) is 7.71. The second-order valence-electron chi connectivity index (χ2n) is 7.29. The van der Waals surface area contributed by atoms with E-state index in [1.807, 2.05) is 6.07 Å². The number of rotatable bonds is 4. The lowest BCUT2D eigenvalue weighted by Crippen LogP contribution is -2.24. The monoisotopic (exact) mass is 289 g/mol. The van der Waals surface area contributed by atoms with E-state index in [-0.39, 0.29) is 22.7 Å². The van der Waals surface area contributed by atoms with Crippen molar-refractivity contribution in [1.29, 1.82) is 0 Å². The van der Waals surface area contributed by atoms with Gasteiger partial charge in [0.25, 0.3) is 0 Å². The van der Waals surface area contributed by atoms with E-state index in [4.69, 9.17) is 4.42 Å². The highest BCUT2D eigenvalue weighted by molar-refractivity contribution is 5.78. The summed E-state index contributed by atoms with van der Waals surface area (Å²) in [6.45, 7) is 12.2. The molecule has 1 N–H and O–H groups in total. The predicted molar refractivity (Wildman–Crippen MR) is 83.6 cm³/mol. The van der Waals surface area contributed by atoms with Crippen LogP contribution in [-0.2, 0) is 0 Å². The standard InChI is InChI=1S/C18H24FNO/c1-6-20-15(16-17(2,3)18(16,4)5)14-10-11-9-12(19)7-8-13(11)21-14/h7-10,15-16,20H,6H2,1-5H3. The van der Waals surface area contributed by atoms with Crippen LogP contribution in [0.2, 0.25) is 0 Å². The third-order valence-corrected chi connectivity index (χ3v) is 5.69. The number of benzene rings is 1. The van der Waals surface area contributed by atoms with E-state index in [0.29, 0.717) is 5.92 Å². The van der Waals surface area contributed by atoms with Crippen LogP contribution in [0.4, 0.5) is 4.39 Å². The van der Waals surface area contributed by atoms with Crippen LogP contribution in [-0.4, -0.2) is 6.54 Å². The van der Waals surface area contributed by atoms with Gasteiger partial charge in [0.05, 0.1) is 6.04 Å². The molecule has 1 heterocycles. The average molecular weight is 289 g/mol. The second kappa shape index (κ2) is 4.57. The zero-order valence-corrected chi connectivity index (χ0v) is 13.5. The molecular formula is C18H24FNO.